The SMILES string of the molecule is O=CC1CCCN(Cc2cnn(-c3ccccc3)c2)C1. The van der Waals surface area contributed by atoms with Crippen molar-refractivity contribution >= 4 is 6.29 Å². The molecule has 0 aliphatic carbocycles. The maximum Gasteiger partial charge on any atom is 0.124 e. The standard InChI is InChI=1S/C16H19N3O/c20-13-14-5-4-8-18(10-14)11-15-9-17-19(12-15)16-6-2-1-3-7-16/h1-3,6-7,9,12-14H,4-5,8,10-11H2. The molecule has 4 heteroatoms. The van der Waals surface area contributed by atoms with Gasteiger partial charge in [0.2, 0.25) is 0 Å². The summed E-state index contributed by atoms with van der Waals surface area (Å²) in [5.74, 6) is 0.202. The number of piperidine rings is 1. The molecule has 1 saturated heterocycles. The Kier molecular flexibility index (Phi) is 3.92. The van der Waals surface area contributed by atoms with Crippen LogP contribution in [0.5, 0.6) is 0 Å². The van der Waals surface area contributed by atoms with E-state index in [9.17, 15) is 4.79 Å². The molecule has 0 saturated carbocycles. The second kappa shape index (κ2) is 6.01. The number of nitrogens with zero attached hydrogens (tertiary/aromatic N) is 3. The molecule has 1 aliphatic rings. The summed E-state index contributed by atoms with van der Waals surface area (Å²) in [6.07, 6.45) is 7.22. The molecule has 1 fully saturated rings. The molecule has 4 nitrogen and oxygen atoms in total. The van der Waals surface area contributed by atoms with Gasteiger partial charge in [0, 0.05) is 30.8 Å². The van der Waals surface area contributed by atoms with Crippen LogP contribution in [0.25, 0.3) is 5.69 Å². The number of carbonyl (C=O) groups excluding carboxylic acids is 1. The number of aromatic nitrogens is 2. The van der Waals surface area contributed by atoms with E-state index in [0.717, 1.165) is 44.4 Å². The summed E-state index contributed by atoms with van der Waals surface area (Å²) in [5.41, 5.74) is 2.27. The van der Waals surface area contributed by atoms with E-state index in [0.29, 0.717) is 0 Å². The second-order valence-corrected chi connectivity index (χ2v) is 5.40. The lowest BCUT2D eigenvalue weighted by Crippen LogP contribution is -2.35. The molecule has 2 heterocycles. The highest BCUT2D eigenvalue weighted by atomic mass is 16.1. The van der Waals surface area contributed by atoms with Crippen LogP contribution in [-0.4, -0.2) is 34.1 Å². The first kappa shape index (κ1) is 13.1. The van der Waals surface area contributed by atoms with E-state index >= 15 is 0 Å². The van der Waals surface area contributed by atoms with Gasteiger partial charge in [0.05, 0.1) is 11.9 Å². The molecular formula is C16H19N3O. The highest BCUT2D eigenvalue weighted by molar-refractivity contribution is 5.53. The van der Waals surface area contributed by atoms with Gasteiger partial charge in [-0.15, -0.1) is 0 Å². The molecule has 1 unspecified atom stereocenters. The zero-order valence-electron chi connectivity index (χ0n) is 11.5. The third-order valence-electron chi connectivity index (χ3n) is 3.80. The van der Waals surface area contributed by atoms with Gasteiger partial charge < -0.3 is 4.79 Å². The van der Waals surface area contributed by atoms with E-state index in [-0.39, 0.29) is 5.92 Å². The number of benzene rings is 1. The number of rotatable bonds is 4. The summed E-state index contributed by atoms with van der Waals surface area (Å²) in [6, 6.07) is 10.1. The highest BCUT2D eigenvalue weighted by Gasteiger charge is 2.19. The maximum atomic E-state index is 10.9. The molecule has 0 amide bonds. The molecule has 0 bridgehead atoms. The summed E-state index contributed by atoms with van der Waals surface area (Å²) in [5, 5.41) is 4.41. The first-order chi connectivity index (χ1) is 9.85. The van der Waals surface area contributed by atoms with Gasteiger partial charge in [0.1, 0.15) is 6.29 Å². The Balaban J connectivity index is 1.67. The number of hydrogen-bond acceptors (Lipinski definition) is 3. The van der Waals surface area contributed by atoms with Gasteiger partial charge in [-0.2, -0.15) is 5.10 Å². The number of carbonyl (C=O) groups is 1. The van der Waals surface area contributed by atoms with Crippen LogP contribution >= 0.6 is 0 Å². The quantitative estimate of drug-likeness (QED) is 0.799. The van der Waals surface area contributed by atoms with Crippen LogP contribution in [0.1, 0.15) is 18.4 Å². The van der Waals surface area contributed by atoms with Gasteiger partial charge in [-0.25, -0.2) is 4.68 Å². The van der Waals surface area contributed by atoms with E-state index in [2.05, 4.69) is 16.2 Å². The number of hydrogen-bond donors (Lipinski definition) is 0. The van der Waals surface area contributed by atoms with Crippen molar-refractivity contribution in [3.8, 4) is 5.69 Å². The summed E-state index contributed by atoms with van der Waals surface area (Å²) in [6.45, 7) is 2.82. The normalized spacial score (nSPS) is 19.9. The van der Waals surface area contributed by atoms with Gasteiger partial charge in [-0.1, -0.05) is 18.2 Å². The fourth-order valence-electron chi connectivity index (χ4n) is 2.77. The molecule has 1 aliphatic heterocycles. The molecule has 1 aromatic heterocycles. The van der Waals surface area contributed by atoms with Crippen LogP contribution in [0.4, 0.5) is 0 Å². The Bertz CT molecular complexity index is 564. The molecule has 0 radical (unpaired) electrons. The summed E-state index contributed by atoms with van der Waals surface area (Å²) >= 11 is 0. The Morgan fingerprint density at radius 2 is 2.15 bits per heavy atom. The lowest BCUT2D eigenvalue weighted by atomic mass is 9.99. The van der Waals surface area contributed by atoms with Crippen LogP contribution in [0.3, 0.4) is 0 Å². The van der Waals surface area contributed by atoms with Gasteiger partial charge in [0.15, 0.2) is 0 Å². The molecule has 1 atom stereocenters. The smallest absolute Gasteiger partial charge is 0.124 e. The van der Waals surface area contributed by atoms with Crippen molar-refractivity contribution in [2.75, 3.05) is 13.1 Å². The molecule has 0 spiro atoms. The van der Waals surface area contributed by atoms with Crippen molar-refractivity contribution in [3.05, 3.63) is 48.3 Å². The maximum absolute atomic E-state index is 10.9. The van der Waals surface area contributed by atoms with Crippen molar-refractivity contribution in [3.63, 3.8) is 0 Å². The van der Waals surface area contributed by atoms with Crippen molar-refractivity contribution in [2.24, 2.45) is 5.92 Å². The van der Waals surface area contributed by atoms with E-state index in [4.69, 9.17) is 0 Å². The molecule has 1 aromatic carbocycles. The second-order valence-electron chi connectivity index (χ2n) is 5.40. The summed E-state index contributed by atoms with van der Waals surface area (Å²) in [4.78, 5) is 13.2. The highest BCUT2D eigenvalue weighted by Crippen LogP contribution is 2.17. The summed E-state index contributed by atoms with van der Waals surface area (Å²) in [7, 11) is 0. The molecule has 20 heavy (non-hydrogen) atoms. The van der Waals surface area contributed by atoms with Crippen LogP contribution in [-0.2, 0) is 11.3 Å². The van der Waals surface area contributed by atoms with Crippen molar-refractivity contribution < 1.29 is 4.79 Å². The monoisotopic (exact) mass is 269 g/mol. The minimum Gasteiger partial charge on any atom is -0.303 e. The average Bonchev–Trinajstić information content (AvgIpc) is 2.97. The van der Waals surface area contributed by atoms with Gasteiger partial charge in [0.25, 0.3) is 0 Å². The average molecular weight is 269 g/mol. The Labute approximate surface area is 119 Å². The lowest BCUT2D eigenvalue weighted by molar-refractivity contribution is -0.112. The predicted molar refractivity (Wildman–Crippen MR) is 77.6 cm³/mol. The Hall–Kier alpha value is -1.94. The van der Waals surface area contributed by atoms with Crippen molar-refractivity contribution in [1.82, 2.24) is 14.7 Å². The molecule has 0 N–H and O–H groups in total. The van der Waals surface area contributed by atoms with Gasteiger partial charge >= 0.3 is 0 Å². The first-order valence-electron chi connectivity index (χ1n) is 7.12. The predicted octanol–water partition coefficient (Wildman–Crippen LogP) is 2.28. The third-order valence-corrected chi connectivity index (χ3v) is 3.80. The zero-order chi connectivity index (χ0) is 13.8. The van der Waals surface area contributed by atoms with Crippen LogP contribution in [0.15, 0.2) is 42.7 Å². The molecular weight excluding hydrogens is 250 g/mol. The van der Waals surface area contributed by atoms with Crippen LogP contribution in [0.2, 0.25) is 0 Å². The number of aldehydes is 1. The largest absolute Gasteiger partial charge is 0.303 e. The van der Waals surface area contributed by atoms with Gasteiger partial charge in [-0.3, -0.25) is 4.90 Å². The Morgan fingerprint density at radius 1 is 1.30 bits per heavy atom. The number of likely N-dealkylation sites (tertiary alicyclic amines) is 1. The van der Waals surface area contributed by atoms with Gasteiger partial charge in [-0.05, 0) is 31.5 Å². The topological polar surface area (TPSA) is 38.1 Å². The van der Waals surface area contributed by atoms with Crippen molar-refractivity contribution in [1.29, 1.82) is 0 Å². The van der Waals surface area contributed by atoms with Crippen LogP contribution < -0.4 is 0 Å². The van der Waals surface area contributed by atoms with E-state index in [1.807, 2.05) is 41.2 Å². The fourth-order valence-corrected chi connectivity index (χ4v) is 2.77. The summed E-state index contributed by atoms with van der Waals surface area (Å²) < 4.78 is 1.90. The zero-order valence-corrected chi connectivity index (χ0v) is 11.5. The molecule has 3 rings (SSSR count). The minimum atomic E-state index is 0.202. The first-order valence-corrected chi connectivity index (χ1v) is 7.12. The Morgan fingerprint density at radius 3 is 2.95 bits per heavy atom. The van der Waals surface area contributed by atoms with E-state index in [1.54, 1.807) is 0 Å². The number of para-hydroxylation sites is 1. The van der Waals surface area contributed by atoms with Crippen LogP contribution in [0, 0.1) is 5.92 Å². The van der Waals surface area contributed by atoms with E-state index < -0.39 is 0 Å². The third kappa shape index (κ3) is 2.96. The lowest BCUT2D eigenvalue weighted by Gasteiger charge is -2.29. The minimum absolute atomic E-state index is 0.202. The van der Waals surface area contributed by atoms with E-state index in [1.165, 1.54) is 5.56 Å². The van der Waals surface area contributed by atoms with Crippen molar-refractivity contribution in [2.45, 2.75) is 19.4 Å². The fraction of sp³-hybridized carbons (Fsp3) is 0.375. The molecule has 2 aromatic rings. The molecule has 104 valence electrons.